The highest BCUT2D eigenvalue weighted by molar-refractivity contribution is 7.98. The molecule has 0 aliphatic rings. The van der Waals surface area contributed by atoms with E-state index in [0.717, 1.165) is 16.8 Å². The van der Waals surface area contributed by atoms with Crippen LogP contribution in [0, 0.1) is 6.92 Å². The fourth-order valence-electron chi connectivity index (χ4n) is 2.24. The Morgan fingerprint density at radius 1 is 1.05 bits per heavy atom. The number of aryl methyl sites for hydroxylation is 1. The van der Waals surface area contributed by atoms with Gasteiger partial charge in [0.2, 0.25) is 0 Å². The van der Waals surface area contributed by atoms with E-state index in [1.807, 2.05) is 36.3 Å². The molecule has 2 nitrogen and oxygen atoms in total. The number of aromatic nitrogens is 1. The van der Waals surface area contributed by atoms with Gasteiger partial charge in [0.1, 0.15) is 0 Å². The summed E-state index contributed by atoms with van der Waals surface area (Å²) in [7, 11) is 0. The predicted octanol–water partition coefficient (Wildman–Crippen LogP) is 4.42. The van der Waals surface area contributed by atoms with Crippen LogP contribution < -0.4 is 5.73 Å². The zero-order chi connectivity index (χ0) is 13.9. The Bertz CT molecular complexity index is 753. The van der Waals surface area contributed by atoms with Gasteiger partial charge in [-0.25, -0.2) is 0 Å². The molecular weight excluding hydrogens is 264 g/mol. The molecule has 20 heavy (non-hydrogen) atoms. The van der Waals surface area contributed by atoms with Crippen LogP contribution >= 0.6 is 11.8 Å². The zero-order valence-corrected chi connectivity index (χ0v) is 12.2. The lowest BCUT2D eigenvalue weighted by Crippen LogP contribution is -1.90. The molecule has 0 fully saturated rings. The molecule has 0 spiro atoms. The minimum atomic E-state index is 0.786. The van der Waals surface area contributed by atoms with Crippen LogP contribution in [0.25, 0.3) is 10.8 Å². The Labute approximate surface area is 123 Å². The lowest BCUT2D eigenvalue weighted by molar-refractivity contribution is 1.30. The smallest absolute Gasteiger partial charge is 0.0410 e. The summed E-state index contributed by atoms with van der Waals surface area (Å²) >= 11 is 1.84. The summed E-state index contributed by atoms with van der Waals surface area (Å²) < 4.78 is 0. The van der Waals surface area contributed by atoms with E-state index < -0.39 is 0 Å². The molecule has 0 saturated heterocycles. The number of hydrogen-bond acceptors (Lipinski definition) is 3. The van der Waals surface area contributed by atoms with Crippen LogP contribution in [0.2, 0.25) is 0 Å². The first kappa shape index (κ1) is 13.0. The van der Waals surface area contributed by atoms with E-state index in [1.54, 1.807) is 0 Å². The summed E-state index contributed by atoms with van der Waals surface area (Å²) in [6, 6.07) is 14.6. The summed E-state index contributed by atoms with van der Waals surface area (Å²) in [5.41, 5.74) is 9.50. The molecule has 0 aliphatic heterocycles. The quantitative estimate of drug-likeness (QED) is 0.570. The van der Waals surface area contributed by atoms with Gasteiger partial charge >= 0.3 is 0 Å². The molecular formula is C17H16N2S. The summed E-state index contributed by atoms with van der Waals surface area (Å²) in [5, 5.41) is 2.21. The molecule has 100 valence electrons. The number of anilines is 1. The third-order valence-electron chi connectivity index (χ3n) is 3.46. The highest BCUT2D eigenvalue weighted by atomic mass is 32.2. The van der Waals surface area contributed by atoms with E-state index in [-0.39, 0.29) is 0 Å². The zero-order valence-electron chi connectivity index (χ0n) is 11.3. The molecule has 3 heteroatoms. The largest absolute Gasteiger partial charge is 0.398 e. The normalized spacial score (nSPS) is 10.8. The van der Waals surface area contributed by atoms with Gasteiger partial charge in [0.05, 0.1) is 0 Å². The highest BCUT2D eigenvalue weighted by Gasteiger charge is 2.05. The van der Waals surface area contributed by atoms with Gasteiger partial charge in [-0.3, -0.25) is 4.98 Å². The van der Waals surface area contributed by atoms with E-state index in [9.17, 15) is 0 Å². The van der Waals surface area contributed by atoms with Crippen LogP contribution in [0.3, 0.4) is 0 Å². The fourth-order valence-corrected chi connectivity index (χ4v) is 3.37. The maximum atomic E-state index is 6.01. The number of nitrogen functional groups attached to an aromatic ring is 1. The average molecular weight is 280 g/mol. The molecule has 0 saturated carbocycles. The molecule has 0 atom stereocenters. The number of pyridine rings is 1. The molecule has 0 bridgehead atoms. The van der Waals surface area contributed by atoms with Crippen molar-refractivity contribution in [3.8, 4) is 0 Å². The van der Waals surface area contributed by atoms with Crippen LogP contribution in [0.5, 0.6) is 0 Å². The van der Waals surface area contributed by atoms with Crippen molar-refractivity contribution >= 4 is 28.2 Å². The maximum Gasteiger partial charge on any atom is 0.0410 e. The van der Waals surface area contributed by atoms with Crippen molar-refractivity contribution in [2.24, 2.45) is 0 Å². The Balaban J connectivity index is 1.92. The van der Waals surface area contributed by atoms with Crippen molar-refractivity contribution in [3.05, 3.63) is 66.0 Å². The summed E-state index contributed by atoms with van der Waals surface area (Å²) in [5.74, 6) is 0.966. The van der Waals surface area contributed by atoms with Gasteiger partial charge in [0, 0.05) is 39.5 Å². The molecule has 0 radical (unpaired) electrons. The third kappa shape index (κ3) is 2.49. The Morgan fingerprint density at radius 3 is 2.75 bits per heavy atom. The van der Waals surface area contributed by atoms with Crippen molar-refractivity contribution in [2.75, 3.05) is 5.73 Å². The molecule has 0 unspecified atom stereocenters. The fraction of sp³-hybridized carbons (Fsp3) is 0.118. The van der Waals surface area contributed by atoms with E-state index >= 15 is 0 Å². The molecule has 0 aliphatic carbocycles. The lowest BCUT2D eigenvalue weighted by atomic mass is 10.1. The molecule has 2 N–H and O–H groups in total. The minimum Gasteiger partial charge on any atom is -0.398 e. The Kier molecular flexibility index (Phi) is 3.61. The van der Waals surface area contributed by atoms with Gasteiger partial charge < -0.3 is 5.73 Å². The number of benzene rings is 2. The molecule has 0 amide bonds. The van der Waals surface area contributed by atoms with Crippen molar-refractivity contribution in [3.63, 3.8) is 0 Å². The Hall–Kier alpha value is -2.00. The van der Waals surface area contributed by atoms with Gasteiger partial charge in [-0.05, 0) is 36.2 Å². The van der Waals surface area contributed by atoms with Crippen LogP contribution in [0.1, 0.15) is 11.1 Å². The summed E-state index contributed by atoms with van der Waals surface area (Å²) in [4.78, 5) is 5.41. The SMILES string of the molecule is Cc1ccccc1CSc1ccc(N)c2cnccc12. The van der Waals surface area contributed by atoms with Crippen LogP contribution in [0.4, 0.5) is 5.69 Å². The average Bonchev–Trinajstić information content (AvgIpc) is 2.48. The number of thioether (sulfide) groups is 1. The second-order valence-electron chi connectivity index (χ2n) is 4.79. The first-order valence-corrected chi connectivity index (χ1v) is 7.54. The van der Waals surface area contributed by atoms with E-state index in [0.29, 0.717) is 0 Å². The second-order valence-corrected chi connectivity index (χ2v) is 5.81. The molecule has 1 heterocycles. The number of nitrogens with two attached hydrogens (primary N) is 1. The monoisotopic (exact) mass is 280 g/mol. The van der Waals surface area contributed by atoms with Gasteiger partial charge in [0.25, 0.3) is 0 Å². The topological polar surface area (TPSA) is 38.9 Å². The summed E-state index contributed by atoms with van der Waals surface area (Å²) in [6.45, 7) is 2.15. The van der Waals surface area contributed by atoms with Crippen molar-refractivity contribution in [1.29, 1.82) is 0 Å². The van der Waals surface area contributed by atoms with E-state index in [1.165, 1.54) is 21.4 Å². The van der Waals surface area contributed by atoms with Gasteiger partial charge in [-0.15, -0.1) is 11.8 Å². The van der Waals surface area contributed by atoms with Gasteiger partial charge in [-0.2, -0.15) is 0 Å². The molecule has 2 aromatic carbocycles. The first-order valence-electron chi connectivity index (χ1n) is 6.55. The standard InChI is InChI=1S/C17H16N2S/c1-12-4-2-3-5-13(12)11-20-17-7-6-16(18)15-10-19-9-8-14(15)17/h2-10H,11,18H2,1H3. The minimum absolute atomic E-state index is 0.786. The summed E-state index contributed by atoms with van der Waals surface area (Å²) in [6.07, 6.45) is 3.65. The van der Waals surface area contributed by atoms with Crippen LogP contribution in [-0.4, -0.2) is 4.98 Å². The highest BCUT2D eigenvalue weighted by Crippen LogP contribution is 2.33. The number of hydrogen-bond donors (Lipinski definition) is 1. The molecule has 3 rings (SSSR count). The number of nitrogens with zero attached hydrogens (tertiary/aromatic N) is 1. The second kappa shape index (κ2) is 5.55. The van der Waals surface area contributed by atoms with Crippen molar-refractivity contribution in [1.82, 2.24) is 4.98 Å². The first-order chi connectivity index (χ1) is 9.75. The lowest BCUT2D eigenvalue weighted by Gasteiger charge is -2.09. The number of fused-ring (bicyclic) bond motifs is 1. The third-order valence-corrected chi connectivity index (χ3v) is 4.58. The molecule has 3 aromatic rings. The van der Waals surface area contributed by atoms with Crippen molar-refractivity contribution < 1.29 is 0 Å². The van der Waals surface area contributed by atoms with Crippen LogP contribution in [0.15, 0.2) is 59.8 Å². The van der Waals surface area contributed by atoms with Gasteiger partial charge in [0.15, 0.2) is 0 Å². The number of rotatable bonds is 3. The van der Waals surface area contributed by atoms with Gasteiger partial charge in [-0.1, -0.05) is 24.3 Å². The molecule has 1 aromatic heterocycles. The maximum absolute atomic E-state index is 6.01. The van der Waals surface area contributed by atoms with E-state index in [2.05, 4.69) is 42.2 Å². The van der Waals surface area contributed by atoms with E-state index in [4.69, 9.17) is 5.73 Å². The predicted molar refractivity (Wildman–Crippen MR) is 86.9 cm³/mol. The Morgan fingerprint density at radius 2 is 1.90 bits per heavy atom. The van der Waals surface area contributed by atoms with Crippen LogP contribution in [-0.2, 0) is 5.75 Å². The van der Waals surface area contributed by atoms with Crippen molar-refractivity contribution in [2.45, 2.75) is 17.6 Å².